The molecule has 0 aromatic carbocycles. The summed E-state index contributed by atoms with van der Waals surface area (Å²) in [5, 5.41) is 9.74. The molecule has 0 aliphatic carbocycles. The molecule has 0 bridgehead atoms. The van der Waals surface area contributed by atoms with Gasteiger partial charge in [0, 0.05) is 11.8 Å². The Morgan fingerprint density at radius 2 is 1.93 bits per heavy atom. The molecule has 0 aromatic heterocycles. The van der Waals surface area contributed by atoms with Gasteiger partial charge in [-0.2, -0.15) is 0 Å². The third-order valence-electron chi connectivity index (χ3n) is 3.97. The van der Waals surface area contributed by atoms with E-state index in [9.17, 15) is 5.11 Å². The van der Waals surface area contributed by atoms with Gasteiger partial charge in [-0.3, -0.25) is 0 Å². The highest BCUT2D eigenvalue weighted by molar-refractivity contribution is 4.96. The zero-order valence-electron chi connectivity index (χ0n) is 9.85. The SMILES string of the molecule is CCC(C)C1OCC(C(C)O)C1C1CO1. The summed E-state index contributed by atoms with van der Waals surface area (Å²) in [6.07, 6.45) is 1.46. The van der Waals surface area contributed by atoms with E-state index in [4.69, 9.17) is 9.47 Å². The van der Waals surface area contributed by atoms with Crippen LogP contribution in [0.5, 0.6) is 0 Å². The molecule has 2 saturated heterocycles. The van der Waals surface area contributed by atoms with Gasteiger partial charge in [0.05, 0.1) is 31.5 Å². The summed E-state index contributed by atoms with van der Waals surface area (Å²) in [7, 11) is 0. The molecule has 2 heterocycles. The number of hydrogen-bond acceptors (Lipinski definition) is 3. The highest BCUT2D eigenvalue weighted by atomic mass is 16.6. The standard InChI is InChI=1S/C12H22O3/c1-4-7(2)12-11(10-6-14-10)9(5-15-12)8(3)13/h7-13H,4-6H2,1-3H3. The number of rotatable bonds is 4. The van der Waals surface area contributed by atoms with Crippen LogP contribution in [0, 0.1) is 17.8 Å². The maximum atomic E-state index is 9.74. The van der Waals surface area contributed by atoms with Gasteiger partial charge in [0.2, 0.25) is 0 Å². The van der Waals surface area contributed by atoms with Gasteiger partial charge in [-0.15, -0.1) is 0 Å². The zero-order valence-corrected chi connectivity index (χ0v) is 9.85. The van der Waals surface area contributed by atoms with Gasteiger partial charge < -0.3 is 14.6 Å². The summed E-state index contributed by atoms with van der Waals surface area (Å²) in [6.45, 7) is 7.82. The summed E-state index contributed by atoms with van der Waals surface area (Å²) in [5.74, 6) is 1.22. The molecule has 6 atom stereocenters. The van der Waals surface area contributed by atoms with Crippen molar-refractivity contribution in [1.82, 2.24) is 0 Å². The van der Waals surface area contributed by atoms with Crippen molar-refractivity contribution in [3.63, 3.8) is 0 Å². The number of aliphatic hydroxyl groups is 1. The molecule has 0 spiro atoms. The van der Waals surface area contributed by atoms with Gasteiger partial charge in [0.25, 0.3) is 0 Å². The first-order chi connectivity index (χ1) is 7.15. The molecule has 3 heteroatoms. The molecule has 2 aliphatic rings. The first-order valence-corrected chi connectivity index (χ1v) is 6.06. The Kier molecular flexibility index (Phi) is 3.33. The third kappa shape index (κ3) is 2.19. The van der Waals surface area contributed by atoms with Crippen LogP contribution in [0.1, 0.15) is 27.2 Å². The summed E-state index contributed by atoms with van der Waals surface area (Å²) in [6, 6.07) is 0. The lowest BCUT2D eigenvalue weighted by Gasteiger charge is -2.26. The Bertz CT molecular complexity index is 213. The van der Waals surface area contributed by atoms with E-state index < -0.39 is 0 Å². The molecule has 2 rings (SSSR count). The number of ether oxygens (including phenoxy) is 2. The fourth-order valence-corrected chi connectivity index (χ4v) is 2.69. The molecule has 1 N–H and O–H groups in total. The van der Waals surface area contributed by atoms with Crippen LogP contribution >= 0.6 is 0 Å². The summed E-state index contributed by atoms with van der Waals surface area (Å²) in [5.41, 5.74) is 0. The van der Waals surface area contributed by atoms with Crippen LogP contribution in [0.25, 0.3) is 0 Å². The smallest absolute Gasteiger partial charge is 0.0867 e. The minimum Gasteiger partial charge on any atom is -0.393 e. The molecule has 0 saturated carbocycles. The van der Waals surface area contributed by atoms with Gasteiger partial charge in [0.1, 0.15) is 0 Å². The monoisotopic (exact) mass is 214 g/mol. The van der Waals surface area contributed by atoms with Crippen molar-refractivity contribution >= 4 is 0 Å². The van der Waals surface area contributed by atoms with E-state index in [2.05, 4.69) is 13.8 Å². The molecule has 0 amide bonds. The lowest BCUT2D eigenvalue weighted by molar-refractivity contribution is 0.0399. The molecule has 15 heavy (non-hydrogen) atoms. The number of aliphatic hydroxyl groups excluding tert-OH is 1. The van der Waals surface area contributed by atoms with Crippen LogP contribution < -0.4 is 0 Å². The number of hydrogen-bond donors (Lipinski definition) is 1. The molecule has 88 valence electrons. The van der Waals surface area contributed by atoms with E-state index in [1.54, 1.807) is 0 Å². The van der Waals surface area contributed by atoms with E-state index in [0.29, 0.717) is 24.5 Å². The molecule has 0 radical (unpaired) electrons. The van der Waals surface area contributed by atoms with E-state index in [-0.39, 0.29) is 18.1 Å². The van der Waals surface area contributed by atoms with Crippen LogP contribution in [-0.4, -0.2) is 36.6 Å². The molecule has 2 fully saturated rings. The summed E-state index contributed by atoms with van der Waals surface area (Å²) < 4.78 is 11.3. The first kappa shape index (κ1) is 11.4. The second kappa shape index (κ2) is 4.40. The first-order valence-electron chi connectivity index (χ1n) is 6.06. The average molecular weight is 214 g/mol. The van der Waals surface area contributed by atoms with Gasteiger partial charge >= 0.3 is 0 Å². The van der Waals surface area contributed by atoms with Crippen molar-refractivity contribution in [2.75, 3.05) is 13.2 Å². The van der Waals surface area contributed by atoms with Crippen molar-refractivity contribution in [1.29, 1.82) is 0 Å². The predicted molar refractivity (Wildman–Crippen MR) is 57.6 cm³/mol. The third-order valence-corrected chi connectivity index (χ3v) is 3.97. The van der Waals surface area contributed by atoms with Crippen LogP contribution in [-0.2, 0) is 9.47 Å². The molecular weight excluding hydrogens is 192 g/mol. The second-order valence-electron chi connectivity index (χ2n) is 5.04. The molecule has 2 aliphatic heterocycles. The zero-order chi connectivity index (χ0) is 11.0. The van der Waals surface area contributed by atoms with Crippen molar-refractivity contribution in [3.05, 3.63) is 0 Å². The topological polar surface area (TPSA) is 42.0 Å². The minimum atomic E-state index is -0.284. The van der Waals surface area contributed by atoms with Crippen molar-refractivity contribution in [2.24, 2.45) is 17.8 Å². The van der Waals surface area contributed by atoms with Crippen molar-refractivity contribution in [3.8, 4) is 0 Å². The van der Waals surface area contributed by atoms with Gasteiger partial charge in [-0.1, -0.05) is 20.3 Å². The van der Waals surface area contributed by atoms with Crippen molar-refractivity contribution in [2.45, 2.75) is 45.5 Å². The molecular formula is C12H22O3. The van der Waals surface area contributed by atoms with E-state index in [1.807, 2.05) is 6.92 Å². The molecule has 6 unspecified atom stereocenters. The quantitative estimate of drug-likeness (QED) is 0.720. The molecule has 3 nitrogen and oxygen atoms in total. The molecule has 0 aromatic rings. The average Bonchev–Trinajstić information content (AvgIpc) is 2.95. The van der Waals surface area contributed by atoms with Crippen LogP contribution in [0.2, 0.25) is 0 Å². The summed E-state index contributed by atoms with van der Waals surface area (Å²) in [4.78, 5) is 0. The Morgan fingerprint density at radius 1 is 1.27 bits per heavy atom. The van der Waals surface area contributed by atoms with E-state index >= 15 is 0 Å². The van der Waals surface area contributed by atoms with E-state index in [1.165, 1.54) is 0 Å². The Labute approximate surface area is 91.8 Å². The Balaban J connectivity index is 2.06. The van der Waals surface area contributed by atoms with Gasteiger partial charge in [-0.25, -0.2) is 0 Å². The minimum absolute atomic E-state index is 0.261. The van der Waals surface area contributed by atoms with E-state index in [0.717, 1.165) is 13.0 Å². The Hall–Kier alpha value is -0.120. The largest absolute Gasteiger partial charge is 0.393 e. The van der Waals surface area contributed by atoms with Crippen LogP contribution in [0.4, 0.5) is 0 Å². The van der Waals surface area contributed by atoms with Crippen LogP contribution in [0.15, 0.2) is 0 Å². The lowest BCUT2D eigenvalue weighted by atomic mass is 9.80. The maximum Gasteiger partial charge on any atom is 0.0867 e. The fourth-order valence-electron chi connectivity index (χ4n) is 2.69. The summed E-state index contributed by atoms with van der Waals surface area (Å²) >= 11 is 0. The lowest BCUT2D eigenvalue weighted by Crippen LogP contribution is -2.34. The Morgan fingerprint density at radius 3 is 2.40 bits per heavy atom. The van der Waals surface area contributed by atoms with Gasteiger partial charge in [0.15, 0.2) is 0 Å². The normalized spacial score (nSPS) is 44.0. The second-order valence-corrected chi connectivity index (χ2v) is 5.04. The number of epoxide rings is 1. The maximum absolute atomic E-state index is 9.74. The fraction of sp³-hybridized carbons (Fsp3) is 1.00. The highest BCUT2D eigenvalue weighted by Crippen LogP contribution is 2.41. The highest BCUT2D eigenvalue weighted by Gasteiger charge is 2.50. The predicted octanol–water partition coefficient (Wildman–Crippen LogP) is 1.44. The van der Waals surface area contributed by atoms with Gasteiger partial charge in [-0.05, 0) is 12.8 Å². The van der Waals surface area contributed by atoms with Crippen molar-refractivity contribution < 1.29 is 14.6 Å². The van der Waals surface area contributed by atoms with Crippen LogP contribution in [0.3, 0.4) is 0 Å².